The molecule has 2 N–H and O–H groups in total. The van der Waals surface area contributed by atoms with Crippen LogP contribution in [-0.2, 0) is 4.79 Å². The Labute approximate surface area is 187 Å². The molecule has 2 saturated heterocycles. The number of piperidine rings is 1. The van der Waals surface area contributed by atoms with E-state index >= 15 is 0 Å². The highest BCUT2D eigenvalue weighted by molar-refractivity contribution is 6.33. The first-order chi connectivity index (χ1) is 14.8. The van der Waals surface area contributed by atoms with Crippen molar-refractivity contribution in [2.45, 2.75) is 64.0 Å². The summed E-state index contributed by atoms with van der Waals surface area (Å²) in [4.78, 5) is 34.7. The normalized spacial score (nSPS) is 28.9. The van der Waals surface area contributed by atoms with Crippen LogP contribution in [0, 0.1) is 5.41 Å². The van der Waals surface area contributed by atoms with E-state index in [1.807, 2.05) is 0 Å². The van der Waals surface area contributed by atoms with Crippen molar-refractivity contribution in [3.05, 3.63) is 17.3 Å². The summed E-state index contributed by atoms with van der Waals surface area (Å²) < 4.78 is 0. The van der Waals surface area contributed by atoms with Gasteiger partial charge in [0.25, 0.3) is 0 Å². The van der Waals surface area contributed by atoms with Gasteiger partial charge in [-0.15, -0.1) is 0 Å². The number of amides is 2. The Kier molecular flexibility index (Phi) is 6.30. The minimum atomic E-state index is -1.04. The number of likely N-dealkylation sites (tertiary alicyclic amines) is 1. The number of rotatable bonds is 4. The summed E-state index contributed by atoms with van der Waals surface area (Å²) in [5.41, 5.74) is 0.0344. The smallest absolute Gasteiger partial charge is 0.411 e. The maximum absolute atomic E-state index is 13.5. The summed E-state index contributed by atoms with van der Waals surface area (Å²) in [5.74, 6) is 0.840. The van der Waals surface area contributed by atoms with Gasteiger partial charge in [-0.1, -0.05) is 11.6 Å². The van der Waals surface area contributed by atoms with Crippen molar-refractivity contribution >= 4 is 35.1 Å². The molecule has 8 nitrogen and oxygen atoms in total. The van der Waals surface area contributed by atoms with Gasteiger partial charge in [0.15, 0.2) is 0 Å². The topological polar surface area (TPSA) is 97.2 Å². The van der Waals surface area contributed by atoms with Gasteiger partial charge in [-0.3, -0.25) is 9.69 Å². The van der Waals surface area contributed by atoms with E-state index in [0.717, 1.165) is 58.0 Å². The molecule has 0 radical (unpaired) electrons. The van der Waals surface area contributed by atoms with Crippen LogP contribution in [0.1, 0.15) is 51.9 Å². The summed E-state index contributed by atoms with van der Waals surface area (Å²) in [6, 6.07) is 1.88. The van der Waals surface area contributed by atoms with E-state index in [1.165, 1.54) is 11.1 Å². The number of aliphatic hydroxyl groups excluding tert-OH is 1. The number of hydrogen-bond acceptors (Lipinski definition) is 5. The largest absolute Gasteiger partial charge is 0.465 e. The van der Waals surface area contributed by atoms with Crippen molar-refractivity contribution < 1.29 is 19.8 Å². The average molecular weight is 451 g/mol. The molecule has 1 spiro atoms. The highest BCUT2D eigenvalue weighted by Gasteiger charge is 2.51. The number of aromatic nitrogens is 1. The third-order valence-electron chi connectivity index (χ3n) is 7.20. The summed E-state index contributed by atoms with van der Waals surface area (Å²) in [7, 11) is 0. The van der Waals surface area contributed by atoms with Crippen LogP contribution in [0.3, 0.4) is 0 Å². The monoisotopic (exact) mass is 450 g/mol. The highest BCUT2D eigenvalue weighted by atomic mass is 35.5. The Morgan fingerprint density at radius 2 is 2.03 bits per heavy atom. The van der Waals surface area contributed by atoms with Crippen LogP contribution in [0.2, 0.25) is 5.02 Å². The molecule has 3 fully saturated rings. The zero-order chi connectivity index (χ0) is 22.2. The maximum atomic E-state index is 13.5. The van der Waals surface area contributed by atoms with Crippen LogP contribution in [0.25, 0.3) is 0 Å². The Morgan fingerprint density at radius 3 is 2.68 bits per heavy atom. The van der Waals surface area contributed by atoms with E-state index in [2.05, 4.69) is 14.8 Å². The number of hydrogen-bond donors (Lipinski definition) is 2. The lowest BCUT2D eigenvalue weighted by Crippen LogP contribution is -2.50. The zero-order valence-electron chi connectivity index (χ0n) is 18.0. The van der Waals surface area contributed by atoms with E-state index < -0.39 is 11.5 Å². The van der Waals surface area contributed by atoms with Crippen LogP contribution < -0.4 is 9.80 Å². The van der Waals surface area contributed by atoms with Crippen molar-refractivity contribution in [3.8, 4) is 0 Å². The quantitative estimate of drug-likeness (QED) is 0.730. The molecule has 1 aromatic heterocycles. The van der Waals surface area contributed by atoms with Crippen LogP contribution in [0.15, 0.2) is 12.3 Å². The lowest BCUT2D eigenvalue weighted by Gasteiger charge is -2.41. The number of nitrogens with zero attached hydrogens (tertiary/aromatic N) is 4. The molecule has 0 unspecified atom stereocenters. The average Bonchev–Trinajstić information content (AvgIpc) is 3.04. The molecule has 31 heavy (non-hydrogen) atoms. The van der Waals surface area contributed by atoms with Gasteiger partial charge in [0.05, 0.1) is 28.4 Å². The Hall–Kier alpha value is -2.06. The molecular formula is C22H31ClN4O4. The zero-order valence-corrected chi connectivity index (χ0v) is 18.7. The van der Waals surface area contributed by atoms with E-state index in [1.54, 1.807) is 13.0 Å². The maximum Gasteiger partial charge on any atom is 0.411 e. The number of carboxylic acid groups (broad SMARTS) is 1. The molecule has 3 heterocycles. The molecule has 2 aliphatic heterocycles. The van der Waals surface area contributed by atoms with Gasteiger partial charge in [-0.2, -0.15) is 0 Å². The minimum Gasteiger partial charge on any atom is -0.465 e. The van der Waals surface area contributed by atoms with Crippen molar-refractivity contribution in [2.24, 2.45) is 5.41 Å². The number of anilines is 2. The second-order valence-corrected chi connectivity index (χ2v) is 9.45. The molecule has 1 aromatic rings. The predicted molar refractivity (Wildman–Crippen MR) is 119 cm³/mol. The molecule has 4 rings (SSSR count). The van der Waals surface area contributed by atoms with Crippen molar-refractivity contribution in [2.75, 3.05) is 36.0 Å². The second-order valence-electron chi connectivity index (χ2n) is 9.04. The van der Waals surface area contributed by atoms with E-state index in [-0.39, 0.29) is 18.1 Å². The first-order valence-corrected chi connectivity index (χ1v) is 11.6. The molecule has 170 valence electrons. The van der Waals surface area contributed by atoms with Gasteiger partial charge in [-0.05, 0) is 57.9 Å². The standard InChI is InChI=1S/C22H31ClN4O4/c1-2-26(21(30)31)16-12-18(23)19(24-13-16)25-10-3-8-22(14-25)9-11-27(20(22)29)15-4-6-17(28)7-5-15/h12-13,15,17,28H,2-11,14H2,1H3,(H,30,31)/t15?,17?,22-/m0/s1. The first kappa shape index (κ1) is 22.1. The highest BCUT2D eigenvalue weighted by Crippen LogP contribution is 2.44. The van der Waals surface area contributed by atoms with E-state index in [4.69, 9.17) is 11.6 Å². The van der Waals surface area contributed by atoms with Gasteiger partial charge in [-0.25, -0.2) is 9.78 Å². The second kappa shape index (κ2) is 8.82. The van der Waals surface area contributed by atoms with Gasteiger partial charge < -0.3 is 20.0 Å². The minimum absolute atomic E-state index is 0.228. The summed E-state index contributed by atoms with van der Waals surface area (Å²) in [6.45, 7) is 4.20. The third-order valence-corrected chi connectivity index (χ3v) is 7.47. The van der Waals surface area contributed by atoms with Crippen LogP contribution in [0.4, 0.5) is 16.3 Å². The Morgan fingerprint density at radius 1 is 1.29 bits per heavy atom. The molecule has 3 aliphatic rings. The molecule has 2 amide bonds. The van der Waals surface area contributed by atoms with Crippen molar-refractivity contribution in [3.63, 3.8) is 0 Å². The van der Waals surface area contributed by atoms with Crippen LogP contribution in [-0.4, -0.2) is 70.4 Å². The van der Waals surface area contributed by atoms with Gasteiger partial charge in [0.1, 0.15) is 5.82 Å². The number of carbonyl (C=O) groups excluding carboxylic acids is 1. The van der Waals surface area contributed by atoms with E-state index in [9.17, 15) is 19.8 Å². The summed E-state index contributed by atoms with van der Waals surface area (Å²) in [6.07, 6.45) is 6.14. The molecule has 1 atom stereocenters. The summed E-state index contributed by atoms with van der Waals surface area (Å²) in [5, 5.41) is 19.5. The molecule has 1 aliphatic carbocycles. The Bertz CT molecular complexity index is 845. The third kappa shape index (κ3) is 4.20. The van der Waals surface area contributed by atoms with Crippen LogP contribution in [0.5, 0.6) is 0 Å². The SMILES string of the molecule is CCN(C(=O)O)c1cnc(N2CCC[C@]3(CCN(C4CCC(O)CC4)C3=O)C2)c(Cl)c1. The molecule has 9 heteroatoms. The van der Waals surface area contributed by atoms with Gasteiger partial charge >= 0.3 is 6.09 Å². The number of pyridine rings is 1. The Balaban J connectivity index is 1.50. The lowest BCUT2D eigenvalue weighted by atomic mass is 9.78. The van der Waals surface area contributed by atoms with Gasteiger partial charge in [0.2, 0.25) is 5.91 Å². The number of aliphatic hydroxyl groups is 1. The molecular weight excluding hydrogens is 420 g/mol. The lowest BCUT2D eigenvalue weighted by molar-refractivity contribution is -0.139. The number of carbonyl (C=O) groups is 2. The fraction of sp³-hybridized carbons (Fsp3) is 0.682. The molecule has 0 bridgehead atoms. The molecule has 0 aromatic carbocycles. The van der Waals surface area contributed by atoms with Crippen LogP contribution >= 0.6 is 11.6 Å². The van der Waals surface area contributed by atoms with Gasteiger partial charge in [0, 0.05) is 32.2 Å². The summed E-state index contributed by atoms with van der Waals surface area (Å²) >= 11 is 6.52. The molecule has 1 saturated carbocycles. The fourth-order valence-corrected chi connectivity index (χ4v) is 5.77. The fourth-order valence-electron chi connectivity index (χ4n) is 5.49. The van der Waals surface area contributed by atoms with Crippen molar-refractivity contribution in [1.82, 2.24) is 9.88 Å². The first-order valence-electron chi connectivity index (χ1n) is 11.2. The number of halogens is 1. The van der Waals surface area contributed by atoms with Crippen molar-refractivity contribution in [1.29, 1.82) is 0 Å². The van der Waals surface area contributed by atoms with E-state index in [0.29, 0.717) is 29.6 Å². The predicted octanol–water partition coefficient (Wildman–Crippen LogP) is 3.36.